The number of likely N-dealkylation sites (tertiary alicyclic amines) is 1. The van der Waals surface area contributed by atoms with E-state index in [4.69, 9.17) is 5.73 Å². The minimum absolute atomic E-state index is 0.176. The molecular weight excluding hydrogens is 342 g/mol. The molecule has 1 aliphatic rings. The number of piperidine rings is 1. The molecule has 3 N–H and O–H groups in total. The van der Waals surface area contributed by atoms with Crippen molar-refractivity contribution in [2.45, 2.75) is 31.4 Å². The van der Waals surface area contributed by atoms with Crippen LogP contribution in [-0.4, -0.2) is 63.1 Å². The average Bonchev–Trinajstić information content (AvgIpc) is 2.66. The number of benzene rings is 1. The standard InChI is InChI=1S/C20H27N5O2/c1-24(14-17-12-22-19(21)23-13-17)15-20(27)9-5-10-25(18(20)26)11-8-16-6-3-2-4-7-16/h2-4,6-7,12-13,27H,5,8-11,14-15H2,1H3,(H2,21,22,23)/t20-/m0/s1. The van der Waals surface area contributed by atoms with E-state index >= 15 is 0 Å². The summed E-state index contributed by atoms with van der Waals surface area (Å²) in [6, 6.07) is 10.1. The van der Waals surface area contributed by atoms with Gasteiger partial charge in [0, 0.05) is 44.1 Å². The van der Waals surface area contributed by atoms with Gasteiger partial charge in [0.25, 0.3) is 5.91 Å². The predicted octanol–water partition coefficient (Wildman–Crippen LogP) is 1.09. The molecule has 0 saturated carbocycles. The maximum absolute atomic E-state index is 12.9. The highest BCUT2D eigenvalue weighted by molar-refractivity contribution is 5.86. The Labute approximate surface area is 159 Å². The van der Waals surface area contributed by atoms with Crippen molar-refractivity contribution in [3.8, 4) is 0 Å². The Bertz CT molecular complexity index is 753. The third kappa shape index (κ3) is 5.02. The maximum atomic E-state index is 12.9. The number of anilines is 1. The SMILES string of the molecule is CN(Cc1cnc(N)nc1)C[C@@]1(O)CCCN(CCc2ccccc2)C1=O. The minimum atomic E-state index is -1.35. The van der Waals surface area contributed by atoms with Crippen LogP contribution in [0.25, 0.3) is 0 Å². The van der Waals surface area contributed by atoms with Crippen molar-refractivity contribution >= 4 is 11.9 Å². The van der Waals surface area contributed by atoms with Gasteiger partial charge in [-0.05, 0) is 31.9 Å². The number of aliphatic hydroxyl groups is 1. The van der Waals surface area contributed by atoms with Crippen LogP contribution in [0.4, 0.5) is 5.95 Å². The minimum Gasteiger partial charge on any atom is -0.379 e. The van der Waals surface area contributed by atoms with Crippen LogP contribution in [0.5, 0.6) is 0 Å². The number of nitrogens with zero attached hydrogens (tertiary/aromatic N) is 4. The van der Waals surface area contributed by atoms with E-state index in [0.717, 1.165) is 18.4 Å². The highest BCUT2D eigenvalue weighted by atomic mass is 16.3. The Morgan fingerprint density at radius 2 is 1.93 bits per heavy atom. The number of hydrogen-bond donors (Lipinski definition) is 2. The van der Waals surface area contributed by atoms with Crippen molar-refractivity contribution in [2.75, 3.05) is 32.4 Å². The Morgan fingerprint density at radius 1 is 1.22 bits per heavy atom. The van der Waals surface area contributed by atoms with E-state index in [0.29, 0.717) is 26.1 Å². The van der Waals surface area contributed by atoms with E-state index in [1.165, 1.54) is 5.56 Å². The lowest BCUT2D eigenvalue weighted by molar-refractivity contribution is -0.159. The van der Waals surface area contributed by atoms with E-state index in [9.17, 15) is 9.90 Å². The van der Waals surface area contributed by atoms with Crippen LogP contribution in [0.1, 0.15) is 24.0 Å². The van der Waals surface area contributed by atoms with Crippen molar-refractivity contribution in [3.63, 3.8) is 0 Å². The number of nitrogens with two attached hydrogens (primary N) is 1. The molecule has 7 heteroatoms. The number of hydrogen-bond acceptors (Lipinski definition) is 6. The number of carbonyl (C=O) groups is 1. The first-order valence-corrected chi connectivity index (χ1v) is 9.27. The summed E-state index contributed by atoms with van der Waals surface area (Å²) in [5, 5.41) is 11.0. The van der Waals surface area contributed by atoms with E-state index in [2.05, 4.69) is 22.1 Å². The van der Waals surface area contributed by atoms with Gasteiger partial charge >= 0.3 is 0 Å². The second kappa shape index (κ2) is 8.45. The summed E-state index contributed by atoms with van der Waals surface area (Å²) in [4.78, 5) is 24.6. The van der Waals surface area contributed by atoms with Crippen molar-refractivity contribution < 1.29 is 9.90 Å². The molecule has 0 radical (unpaired) electrons. The Hall–Kier alpha value is -2.51. The van der Waals surface area contributed by atoms with Gasteiger partial charge in [-0.3, -0.25) is 9.69 Å². The van der Waals surface area contributed by atoms with Crippen LogP contribution in [0.2, 0.25) is 0 Å². The monoisotopic (exact) mass is 369 g/mol. The molecule has 1 aromatic heterocycles. The molecular formula is C20H27N5O2. The molecule has 1 aliphatic heterocycles. The summed E-state index contributed by atoms with van der Waals surface area (Å²) in [5.41, 5.74) is 6.24. The number of nitrogen functional groups attached to an aromatic ring is 1. The molecule has 144 valence electrons. The lowest BCUT2D eigenvalue weighted by Crippen LogP contribution is -2.58. The lowest BCUT2D eigenvalue weighted by Gasteiger charge is -2.40. The summed E-state index contributed by atoms with van der Waals surface area (Å²) in [6.07, 6.45) is 5.41. The van der Waals surface area contributed by atoms with Gasteiger partial charge < -0.3 is 15.7 Å². The van der Waals surface area contributed by atoms with Gasteiger partial charge in [0.2, 0.25) is 5.95 Å². The molecule has 1 saturated heterocycles. The first kappa shape index (κ1) is 19.3. The van der Waals surface area contributed by atoms with Gasteiger partial charge in [0.05, 0.1) is 0 Å². The number of carbonyl (C=O) groups excluding carboxylic acids is 1. The van der Waals surface area contributed by atoms with Crippen LogP contribution in [0, 0.1) is 0 Å². The molecule has 27 heavy (non-hydrogen) atoms. The van der Waals surface area contributed by atoms with Crippen LogP contribution >= 0.6 is 0 Å². The van der Waals surface area contributed by atoms with Crippen LogP contribution in [0.15, 0.2) is 42.7 Å². The normalized spacial score (nSPS) is 20.3. The van der Waals surface area contributed by atoms with Gasteiger partial charge in [-0.1, -0.05) is 30.3 Å². The Balaban J connectivity index is 1.58. The van der Waals surface area contributed by atoms with Gasteiger partial charge in [0.1, 0.15) is 0 Å². The van der Waals surface area contributed by atoms with Crippen molar-refractivity contribution in [1.29, 1.82) is 0 Å². The van der Waals surface area contributed by atoms with Crippen LogP contribution < -0.4 is 5.73 Å². The van der Waals surface area contributed by atoms with Gasteiger partial charge in [-0.2, -0.15) is 0 Å². The molecule has 1 aromatic carbocycles. The number of likely N-dealkylation sites (N-methyl/N-ethyl adjacent to an activating group) is 1. The second-order valence-electron chi connectivity index (χ2n) is 7.28. The molecule has 2 aromatic rings. The zero-order valence-electron chi connectivity index (χ0n) is 15.7. The Kier molecular flexibility index (Phi) is 6.03. The summed E-state index contributed by atoms with van der Waals surface area (Å²) in [7, 11) is 1.88. The molecule has 0 unspecified atom stereocenters. The first-order valence-electron chi connectivity index (χ1n) is 9.27. The molecule has 1 amide bonds. The number of amides is 1. The van der Waals surface area contributed by atoms with Crippen LogP contribution in [0.3, 0.4) is 0 Å². The molecule has 2 heterocycles. The van der Waals surface area contributed by atoms with Crippen molar-refractivity contribution in [2.24, 2.45) is 0 Å². The molecule has 0 aliphatic carbocycles. The predicted molar refractivity (Wildman–Crippen MR) is 104 cm³/mol. The fraction of sp³-hybridized carbons (Fsp3) is 0.450. The van der Waals surface area contributed by atoms with E-state index < -0.39 is 5.60 Å². The maximum Gasteiger partial charge on any atom is 0.255 e. The van der Waals surface area contributed by atoms with Gasteiger partial charge in [0.15, 0.2) is 5.60 Å². The molecule has 3 rings (SSSR count). The Morgan fingerprint density at radius 3 is 2.63 bits per heavy atom. The fourth-order valence-corrected chi connectivity index (χ4v) is 3.59. The van der Waals surface area contributed by atoms with E-state index in [1.807, 2.05) is 30.1 Å². The zero-order chi connectivity index (χ0) is 19.3. The third-order valence-electron chi connectivity index (χ3n) is 4.93. The topological polar surface area (TPSA) is 95.6 Å². The third-order valence-corrected chi connectivity index (χ3v) is 4.93. The zero-order valence-corrected chi connectivity index (χ0v) is 15.7. The van der Waals surface area contributed by atoms with E-state index in [1.54, 1.807) is 17.3 Å². The van der Waals surface area contributed by atoms with Crippen LogP contribution in [-0.2, 0) is 17.8 Å². The van der Waals surface area contributed by atoms with Gasteiger partial charge in [-0.25, -0.2) is 9.97 Å². The average molecular weight is 369 g/mol. The quantitative estimate of drug-likeness (QED) is 0.758. The largest absolute Gasteiger partial charge is 0.379 e. The van der Waals surface area contributed by atoms with Crippen molar-refractivity contribution in [3.05, 3.63) is 53.9 Å². The second-order valence-corrected chi connectivity index (χ2v) is 7.28. The lowest BCUT2D eigenvalue weighted by atomic mass is 9.90. The highest BCUT2D eigenvalue weighted by Gasteiger charge is 2.42. The number of aromatic nitrogens is 2. The number of rotatable bonds is 7. The molecule has 7 nitrogen and oxygen atoms in total. The summed E-state index contributed by atoms with van der Waals surface area (Å²) < 4.78 is 0. The first-order chi connectivity index (χ1) is 13.0. The van der Waals surface area contributed by atoms with E-state index in [-0.39, 0.29) is 18.4 Å². The summed E-state index contributed by atoms with van der Waals surface area (Å²) in [5.74, 6) is 0.0571. The summed E-state index contributed by atoms with van der Waals surface area (Å²) in [6.45, 7) is 2.14. The fourth-order valence-electron chi connectivity index (χ4n) is 3.59. The molecule has 0 bridgehead atoms. The highest BCUT2D eigenvalue weighted by Crippen LogP contribution is 2.24. The summed E-state index contributed by atoms with van der Waals surface area (Å²) >= 11 is 0. The van der Waals surface area contributed by atoms with Crippen molar-refractivity contribution in [1.82, 2.24) is 19.8 Å². The molecule has 1 fully saturated rings. The smallest absolute Gasteiger partial charge is 0.255 e. The van der Waals surface area contributed by atoms with Gasteiger partial charge in [-0.15, -0.1) is 0 Å². The molecule has 1 atom stereocenters. The molecule has 0 spiro atoms.